The van der Waals surface area contributed by atoms with Gasteiger partial charge in [0.1, 0.15) is 11.5 Å². The number of para-hydroxylation sites is 1. The Hall–Kier alpha value is -1.46. The summed E-state index contributed by atoms with van der Waals surface area (Å²) >= 11 is 17.9. The summed E-state index contributed by atoms with van der Waals surface area (Å²) in [5, 5.41) is 3.71. The van der Waals surface area contributed by atoms with Gasteiger partial charge in [0.2, 0.25) is 0 Å². The van der Waals surface area contributed by atoms with E-state index in [1.54, 1.807) is 6.07 Å². The summed E-state index contributed by atoms with van der Waals surface area (Å²) in [4.78, 5) is 13.2. The highest BCUT2D eigenvalue weighted by atomic mass is 35.5. The molecule has 3 aliphatic rings. The monoisotopic (exact) mass is 493 g/mol. The van der Waals surface area contributed by atoms with Gasteiger partial charge in [-0.05, 0) is 73.5 Å². The summed E-state index contributed by atoms with van der Waals surface area (Å²) in [6.45, 7) is 0.989. The van der Waals surface area contributed by atoms with Gasteiger partial charge in [-0.25, -0.2) is 4.79 Å². The lowest BCUT2D eigenvalue weighted by Gasteiger charge is -2.56. The summed E-state index contributed by atoms with van der Waals surface area (Å²) in [6, 6.07) is 13.8. The van der Waals surface area contributed by atoms with Crippen LogP contribution in [0.5, 0.6) is 11.5 Å². The molecule has 0 unspecified atom stereocenters. The lowest BCUT2D eigenvalue weighted by Crippen LogP contribution is -2.59. The van der Waals surface area contributed by atoms with E-state index in [-0.39, 0.29) is 11.3 Å². The Balaban J connectivity index is 1.63. The molecule has 3 atom stereocenters. The second-order valence-electron chi connectivity index (χ2n) is 9.10. The molecule has 1 saturated heterocycles. The molecule has 5 rings (SSSR count). The van der Waals surface area contributed by atoms with Crippen LogP contribution >= 0.6 is 34.8 Å². The number of hydrogen-bond acceptors (Lipinski definition) is 4. The molecule has 2 bridgehead atoms. The van der Waals surface area contributed by atoms with Crippen LogP contribution in [-0.4, -0.2) is 29.0 Å². The zero-order valence-electron chi connectivity index (χ0n) is 17.7. The van der Waals surface area contributed by atoms with E-state index in [0.717, 1.165) is 31.4 Å². The molecule has 1 heterocycles. The average molecular weight is 495 g/mol. The molecule has 0 aromatic heterocycles. The maximum Gasteiger partial charge on any atom is 0.341 e. The van der Waals surface area contributed by atoms with Gasteiger partial charge in [0.15, 0.2) is 0 Å². The van der Waals surface area contributed by atoms with Gasteiger partial charge in [0.05, 0.1) is 11.4 Å². The molecule has 1 N–H and O–H groups in total. The van der Waals surface area contributed by atoms with Gasteiger partial charge in [0.25, 0.3) is 4.52 Å². The molecule has 0 spiro atoms. The van der Waals surface area contributed by atoms with Crippen LogP contribution < -0.4 is 10.1 Å². The molecule has 0 amide bonds. The maximum absolute atomic E-state index is 13.2. The van der Waals surface area contributed by atoms with E-state index in [2.05, 4.69) is 11.4 Å². The van der Waals surface area contributed by atoms with Crippen molar-refractivity contribution in [2.45, 2.75) is 54.5 Å². The number of ether oxygens (including phenoxy) is 2. The fraction of sp³-hybridized carbons (Fsp3) is 0.480. The molecule has 2 aromatic carbocycles. The Kier molecular flexibility index (Phi) is 6.08. The Bertz CT molecular complexity index is 1010. The quantitative estimate of drug-likeness (QED) is 0.388. The number of piperidine rings is 1. The highest BCUT2D eigenvalue weighted by Crippen LogP contribution is 2.55. The van der Waals surface area contributed by atoms with Crippen LogP contribution in [0.15, 0.2) is 42.5 Å². The Morgan fingerprint density at radius 1 is 1.12 bits per heavy atom. The zero-order valence-corrected chi connectivity index (χ0v) is 20.0. The number of esters is 1. The molecule has 2 aliphatic carbocycles. The predicted molar refractivity (Wildman–Crippen MR) is 127 cm³/mol. The van der Waals surface area contributed by atoms with E-state index in [1.807, 2.05) is 30.3 Å². The second kappa shape index (κ2) is 8.72. The standard InChI is InChI=1S/C25H26Cl3NO3/c26-15-25(27,28)32-23(30)19-12-17(31-16-6-2-1-3-7-16)13-21-18(19)14-22-20-8-4-5-9-24(20,21)10-11-29-22/h1-3,6-7,12-13,20,22,29H,4-5,8-11,14-15H2/t20-,22+,24+/m0/s1. The van der Waals surface area contributed by atoms with Gasteiger partial charge < -0.3 is 14.8 Å². The number of nitrogens with one attached hydrogen (secondary N) is 1. The third-order valence-corrected chi connectivity index (χ3v) is 8.41. The zero-order chi connectivity index (χ0) is 22.3. The highest BCUT2D eigenvalue weighted by Gasteiger charge is 2.52. The molecule has 4 nitrogen and oxygen atoms in total. The molecular weight excluding hydrogens is 469 g/mol. The molecule has 0 radical (unpaired) electrons. The third-order valence-electron chi connectivity index (χ3n) is 7.34. The number of benzene rings is 2. The lowest BCUT2D eigenvalue weighted by atomic mass is 9.52. The largest absolute Gasteiger partial charge is 0.457 e. The van der Waals surface area contributed by atoms with E-state index >= 15 is 0 Å². The van der Waals surface area contributed by atoms with Crippen molar-refractivity contribution in [1.82, 2.24) is 5.32 Å². The van der Waals surface area contributed by atoms with Crippen LogP contribution in [-0.2, 0) is 16.6 Å². The first-order valence-corrected chi connectivity index (χ1v) is 12.5. The first-order valence-electron chi connectivity index (χ1n) is 11.2. The van der Waals surface area contributed by atoms with Crippen molar-refractivity contribution in [3.05, 3.63) is 59.2 Å². The average Bonchev–Trinajstić information content (AvgIpc) is 2.79. The normalized spacial score (nSPS) is 26.6. The van der Waals surface area contributed by atoms with Crippen molar-refractivity contribution in [2.24, 2.45) is 5.92 Å². The molecule has 1 saturated carbocycles. The topological polar surface area (TPSA) is 47.6 Å². The van der Waals surface area contributed by atoms with Crippen LogP contribution in [0.1, 0.15) is 53.6 Å². The van der Waals surface area contributed by atoms with Crippen LogP contribution in [0.3, 0.4) is 0 Å². The van der Waals surface area contributed by atoms with E-state index in [4.69, 9.17) is 44.3 Å². The minimum atomic E-state index is -1.78. The van der Waals surface area contributed by atoms with Crippen molar-refractivity contribution in [3.63, 3.8) is 0 Å². The lowest BCUT2D eigenvalue weighted by molar-refractivity contribution is 0.0403. The summed E-state index contributed by atoms with van der Waals surface area (Å²) < 4.78 is 9.79. The van der Waals surface area contributed by atoms with Crippen LogP contribution in [0.2, 0.25) is 0 Å². The second-order valence-corrected chi connectivity index (χ2v) is 10.8. The summed E-state index contributed by atoms with van der Waals surface area (Å²) in [7, 11) is 0. The van der Waals surface area contributed by atoms with Gasteiger partial charge in [0, 0.05) is 11.5 Å². The van der Waals surface area contributed by atoms with Gasteiger partial charge in [-0.3, -0.25) is 0 Å². The highest BCUT2D eigenvalue weighted by molar-refractivity contribution is 6.50. The molecule has 1 aliphatic heterocycles. The van der Waals surface area contributed by atoms with Crippen molar-refractivity contribution < 1.29 is 14.3 Å². The smallest absolute Gasteiger partial charge is 0.341 e. The Labute approximate surface area is 203 Å². The molecule has 170 valence electrons. The van der Waals surface area contributed by atoms with E-state index < -0.39 is 10.5 Å². The van der Waals surface area contributed by atoms with Crippen molar-refractivity contribution >= 4 is 40.8 Å². The van der Waals surface area contributed by atoms with Crippen LogP contribution in [0, 0.1) is 5.92 Å². The van der Waals surface area contributed by atoms with Gasteiger partial charge in [-0.15, -0.1) is 11.6 Å². The number of halogens is 3. The fourth-order valence-corrected chi connectivity index (χ4v) is 6.28. The first-order chi connectivity index (χ1) is 15.4. The van der Waals surface area contributed by atoms with E-state index in [9.17, 15) is 4.79 Å². The summed E-state index contributed by atoms with van der Waals surface area (Å²) in [5.41, 5.74) is 2.75. The number of carbonyl (C=O) groups excluding carboxylic acids is 1. The van der Waals surface area contributed by atoms with Crippen molar-refractivity contribution in [1.29, 1.82) is 0 Å². The van der Waals surface area contributed by atoms with Crippen LogP contribution in [0.25, 0.3) is 0 Å². The number of alkyl halides is 3. The molecule has 32 heavy (non-hydrogen) atoms. The first kappa shape index (κ1) is 22.3. The van der Waals surface area contributed by atoms with Crippen molar-refractivity contribution in [2.75, 3.05) is 12.4 Å². The SMILES string of the molecule is O=C(OC(Cl)(Cl)CCl)c1cc(Oc2ccccc2)cc2c1C[C@H]1NCC[C@@]23CCCC[C@@H]13. The van der Waals surface area contributed by atoms with Gasteiger partial charge in [-0.2, -0.15) is 0 Å². The molecule has 2 fully saturated rings. The maximum atomic E-state index is 13.2. The Morgan fingerprint density at radius 2 is 1.94 bits per heavy atom. The number of hydrogen-bond donors (Lipinski definition) is 1. The minimum absolute atomic E-state index is 0.0539. The number of carbonyl (C=O) groups is 1. The van der Waals surface area contributed by atoms with E-state index in [1.165, 1.54) is 24.8 Å². The van der Waals surface area contributed by atoms with E-state index in [0.29, 0.717) is 29.0 Å². The van der Waals surface area contributed by atoms with Gasteiger partial charge in [-0.1, -0.05) is 54.2 Å². The number of fused-ring (bicyclic) bond motifs is 1. The van der Waals surface area contributed by atoms with Crippen molar-refractivity contribution in [3.8, 4) is 11.5 Å². The van der Waals surface area contributed by atoms with Gasteiger partial charge >= 0.3 is 5.97 Å². The fourth-order valence-electron chi connectivity index (χ4n) is 6.08. The Morgan fingerprint density at radius 3 is 2.72 bits per heavy atom. The predicted octanol–water partition coefficient (Wildman–Crippen LogP) is 6.35. The number of rotatable bonds is 5. The third kappa shape index (κ3) is 4.00. The molecule has 2 aromatic rings. The molecule has 7 heteroatoms. The minimum Gasteiger partial charge on any atom is -0.457 e. The molecular formula is C25H26Cl3NO3. The van der Waals surface area contributed by atoms with Crippen LogP contribution in [0.4, 0.5) is 0 Å². The summed E-state index contributed by atoms with van der Waals surface area (Å²) in [6.07, 6.45) is 6.62. The summed E-state index contributed by atoms with van der Waals surface area (Å²) in [5.74, 6) is 1.11.